The Bertz CT molecular complexity index is 630. The van der Waals surface area contributed by atoms with Crippen LogP contribution in [0, 0.1) is 0 Å². The van der Waals surface area contributed by atoms with Gasteiger partial charge in [0.2, 0.25) is 10.0 Å². The Kier molecular flexibility index (Phi) is 5.48. The van der Waals surface area contributed by atoms with Gasteiger partial charge in [-0.05, 0) is 24.3 Å². The number of carbonyl (C=O) groups is 2. The lowest BCUT2D eigenvalue weighted by Crippen LogP contribution is -2.53. The number of esters is 1. The van der Waals surface area contributed by atoms with E-state index < -0.39 is 27.5 Å². The fraction of sp³-hybridized carbons (Fsp3) is 0.500. The van der Waals surface area contributed by atoms with Crippen molar-refractivity contribution < 1.29 is 27.9 Å². The summed E-state index contributed by atoms with van der Waals surface area (Å²) < 4.78 is 31.5. The highest BCUT2D eigenvalue weighted by Gasteiger charge is 2.40. The van der Waals surface area contributed by atoms with E-state index in [0.29, 0.717) is 0 Å². The molecule has 0 spiro atoms. The second-order valence-corrected chi connectivity index (χ2v) is 6.87. The van der Waals surface area contributed by atoms with Gasteiger partial charge in [-0.15, -0.1) is 11.3 Å². The summed E-state index contributed by atoms with van der Waals surface area (Å²) in [6.45, 7) is 3.16. The van der Waals surface area contributed by atoms with Crippen LogP contribution in [0.3, 0.4) is 0 Å². The molecule has 0 aromatic carbocycles. The third-order valence-corrected chi connectivity index (χ3v) is 5.84. The van der Waals surface area contributed by atoms with Gasteiger partial charge in [-0.3, -0.25) is 4.79 Å². The maximum Gasteiger partial charge on any atom is 0.349 e. The Balaban J connectivity index is 3.27. The summed E-state index contributed by atoms with van der Waals surface area (Å²) in [6.07, 6.45) is 0.158. The third-order valence-electron chi connectivity index (χ3n) is 3.24. The van der Waals surface area contributed by atoms with Crippen molar-refractivity contribution in [2.75, 3.05) is 7.11 Å². The summed E-state index contributed by atoms with van der Waals surface area (Å²) in [6, 6.07) is 1.25. The maximum absolute atomic E-state index is 12.4. The van der Waals surface area contributed by atoms with Gasteiger partial charge >= 0.3 is 11.9 Å². The smallest absolute Gasteiger partial charge is 0.349 e. The molecule has 21 heavy (non-hydrogen) atoms. The highest BCUT2D eigenvalue weighted by atomic mass is 32.2. The molecule has 0 saturated heterocycles. The van der Waals surface area contributed by atoms with Gasteiger partial charge in [-0.25, -0.2) is 13.2 Å². The number of nitrogens with one attached hydrogen (secondary N) is 1. The van der Waals surface area contributed by atoms with Crippen molar-refractivity contribution in [3.63, 3.8) is 0 Å². The van der Waals surface area contributed by atoms with Crippen LogP contribution in [0.5, 0.6) is 0 Å². The third kappa shape index (κ3) is 3.42. The lowest BCUT2D eigenvalue weighted by molar-refractivity contribution is -0.144. The molecule has 2 N–H and O–H groups in total. The quantitative estimate of drug-likeness (QED) is 0.730. The van der Waals surface area contributed by atoms with Crippen LogP contribution in [0.1, 0.15) is 36.4 Å². The Morgan fingerprint density at radius 1 is 1.38 bits per heavy atom. The highest BCUT2D eigenvalue weighted by molar-refractivity contribution is 7.89. The van der Waals surface area contributed by atoms with Crippen LogP contribution < -0.4 is 4.72 Å². The number of rotatable bonds is 7. The molecule has 0 aliphatic carbocycles. The predicted molar refractivity (Wildman–Crippen MR) is 76.9 cm³/mol. The van der Waals surface area contributed by atoms with E-state index in [1.54, 1.807) is 13.8 Å². The van der Waals surface area contributed by atoms with Crippen LogP contribution in [0.4, 0.5) is 0 Å². The average molecular weight is 335 g/mol. The van der Waals surface area contributed by atoms with Gasteiger partial charge in [0.15, 0.2) is 0 Å². The van der Waals surface area contributed by atoms with E-state index in [9.17, 15) is 23.1 Å². The maximum atomic E-state index is 12.4. The van der Waals surface area contributed by atoms with Gasteiger partial charge in [0, 0.05) is 0 Å². The van der Waals surface area contributed by atoms with Crippen molar-refractivity contribution in [3.05, 3.63) is 16.3 Å². The van der Waals surface area contributed by atoms with E-state index in [1.165, 1.54) is 11.4 Å². The monoisotopic (exact) mass is 335 g/mol. The first-order chi connectivity index (χ1) is 9.74. The molecule has 1 heterocycles. The molecule has 1 aromatic heterocycles. The molecule has 0 fully saturated rings. The van der Waals surface area contributed by atoms with Gasteiger partial charge < -0.3 is 9.84 Å². The van der Waals surface area contributed by atoms with Gasteiger partial charge in [0.05, 0.1) is 7.11 Å². The first-order valence-electron chi connectivity index (χ1n) is 6.17. The largest absolute Gasteiger partial charge is 0.480 e. The van der Waals surface area contributed by atoms with Gasteiger partial charge in [-0.1, -0.05) is 13.8 Å². The van der Waals surface area contributed by atoms with Crippen LogP contribution >= 0.6 is 11.3 Å². The van der Waals surface area contributed by atoms with E-state index in [2.05, 4.69) is 9.46 Å². The average Bonchev–Trinajstić information content (AvgIpc) is 2.94. The zero-order valence-electron chi connectivity index (χ0n) is 11.9. The summed E-state index contributed by atoms with van der Waals surface area (Å²) >= 11 is 0.918. The predicted octanol–water partition coefficient (Wildman–Crippen LogP) is 1.46. The SMILES string of the molecule is CCC(CC)(NS(=O)(=O)c1ccsc1C(=O)OC)C(=O)O. The number of ether oxygens (including phenoxy) is 1. The summed E-state index contributed by atoms with van der Waals surface area (Å²) in [5, 5.41) is 10.7. The molecule has 1 aromatic rings. The number of hydrogen-bond donors (Lipinski definition) is 2. The molecule has 0 atom stereocenters. The molecule has 7 nitrogen and oxygen atoms in total. The summed E-state index contributed by atoms with van der Waals surface area (Å²) in [4.78, 5) is 22.6. The number of hydrogen-bond acceptors (Lipinski definition) is 6. The van der Waals surface area contributed by atoms with Crippen molar-refractivity contribution >= 4 is 33.3 Å². The molecule has 9 heteroatoms. The van der Waals surface area contributed by atoms with Crippen molar-refractivity contribution in [3.8, 4) is 0 Å². The van der Waals surface area contributed by atoms with Crippen LogP contribution in [-0.4, -0.2) is 38.1 Å². The fourth-order valence-electron chi connectivity index (χ4n) is 1.80. The van der Waals surface area contributed by atoms with Crippen LogP contribution in [0.25, 0.3) is 0 Å². The molecular weight excluding hydrogens is 318 g/mol. The Labute approximate surface area is 127 Å². The van der Waals surface area contributed by atoms with E-state index in [-0.39, 0.29) is 22.6 Å². The topological polar surface area (TPSA) is 110 Å². The molecular formula is C12H17NO6S2. The van der Waals surface area contributed by atoms with Crippen molar-refractivity contribution in [1.29, 1.82) is 0 Å². The number of thiophene rings is 1. The number of sulfonamides is 1. The lowest BCUT2D eigenvalue weighted by Gasteiger charge is -2.27. The molecule has 0 aliphatic rings. The number of carbonyl (C=O) groups excluding carboxylic acids is 1. The Morgan fingerprint density at radius 2 is 1.95 bits per heavy atom. The van der Waals surface area contributed by atoms with Crippen LogP contribution in [0.15, 0.2) is 16.3 Å². The number of methoxy groups -OCH3 is 1. The second kappa shape index (κ2) is 6.54. The summed E-state index contributed by atoms with van der Waals surface area (Å²) in [5.74, 6) is -2.04. The zero-order chi connectivity index (χ0) is 16.3. The molecule has 0 radical (unpaired) electrons. The molecule has 0 amide bonds. The minimum atomic E-state index is -4.15. The number of carboxylic acid groups (broad SMARTS) is 1. The zero-order valence-corrected chi connectivity index (χ0v) is 13.5. The van der Waals surface area contributed by atoms with Crippen molar-refractivity contribution in [1.82, 2.24) is 4.72 Å². The summed E-state index contributed by atoms with van der Waals surface area (Å²) in [7, 11) is -3.01. The van der Waals surface area contributed by atoms with Gasteiger partial charge in [0.25, 0.3) is 0 Å². The van der Waals surface area contributed by atoms with Gasteiger partial charge in [0.1, 0.15) is 15.3 Å². The molecule has 0 saturated carbocycles. The lowest BCUT2D eigenvalue weighted by atomic mass is 9.95. The minimum absolute atomic E-state index is 0.0791. The summed E-state index contributed by atoms with van der Waals surface area (Å²) in [5.41, 5.74) is -1.60. The van der Waals surface area contributed by atoms with Gasteiger partial charge in [-0.2, -0.15) is 4.72 Å². The Hall–Kier alpha value is -1.45. The van der Waals surface area contributed by atoms with E-state index in [1.807, 2.05) is 0 Å². The normalized spacial score (nSPS) is 12.1. The first-order valence-corrected chi connectivity index (χ1v) is 8.53. The van der Waals surface area contributed by atoms with Crippen molar-refractivity contribution in [2.24, 2.45) is 0 Å². The van der Waals surface area contributed by atoms with Crippen LogP contribution in [-0.2, 0) is 19.6 Å². The Morgan fingerprint density at radius 3 is 2.38 bits per heavy atom. The van der Waals surface area contributed by atoms with Crippen molar-refractivity contribution in [2.45, 2.75) is 37.1 Å². The van der Waals surface area contributed by atoms with E-state index >= 15 is 0 Å². The van der Waals surface area contributed by atoms with Crippen LogP contribution in [0.2, 0.25) is 0 Å². The first kappa shape index (κ1) is 17.6. The number of aliphatic carboxylic acids is 1. The second-order valence-electron chi connectivity index (χ2n) is 4.31. The molecule has 1 rings (SSSR count). The number of carboxylic acids is 1. The minimum Gasteiger partial charge on any atom is -0.480 e. The van der Waals surface area contributed by atoms with E-state index in [0.717, 1.165) is 18.4 Å². The molecule has 0 bridgehead atoms. The molecule has 0 unspecified atom stereocenters. The fourth-order valence-corrected chi connectivity index (χ4v) is 4.64. The molecule has 118 valence electrons. The van der Waals surface area contributed by atoms with E-state index in [4.69, 9.17) is 0 Å². The standard InChI is InChI=1S/C12H17NO6S2/c1-4-12(5-2,11(15)16)13-21(17,18)8-6-7-20-9(8)10(14)19-3/h6-7,13H,4-5H2,1-3H3,(H,15,16). The highest BCUT2D eigenvalue weighted by Crippen LogP contribution is 2.26. The molecule has 0 aliphatic heterocycles.